The van der Waals surface area contributed by atoms with E-state index in [1.165, 1.54) is 5.56 Å². The van der Waals surface area contributed by atoms with Crippen molar-refractivity contribution in [1.29, 1.82) is 0 Å². The number of carbonyl (C=O) groups excluding carboxylic acids is 1. The van der Waals surface area contributed by atoms with Gasteiger partial charge in [0.2, 0.25) is 5.95 Å². The van der Waals surface area contributed by atoms with Crippen molar-refractivity contribution in [3.63, 3.8) is 0 Å². The number of rotatable bonds is 3. The molecule has 2 heterocycles. The number of carbonyl (C=O) groups is 1. The highest BCUT2D eigenvalue weighted by Gasteiger charge is 2.22. The summed E-state index contributed by atoms with van der Waals surface area (Å²) in [5.41, 5.74) is 5.76. The maximum Gasteiger partial charge on any atom is 0.274 e. The molecule has 0 unspecified atom stereocenters. The second-order valence-corrected chi connectivity index (χ2v) is 6.47. The fourth-order valence-corrected chi connectivity index (χ4v) is 3.22. The van der Waals surface area contributed by atoms with E-state index in [9.17, 15) is 4.79 Å². The van der Waals surface area contributed by atoms with Crippen LogP contribution in [0.4, 0.5) is 17.3 Å². The number of benzene rings is 2. The minimum atomic E-state index is -0.227. The van der Waals surface area contributed by atoms with Crippen molar-refractivity contribution in [3.05, 3.63) is 77.1 Å². The van der Waals surface area contributed by atoms with Crippen molar-refractivity contribution >= 4 is 23.2 Å². The molecule has 0 bridgehead atoms. The van der Waals surface area contributed by atoms with E-state index in [1.54, 1.807) is 12.3 Å². The first-order valence-corrected chi connectivity index (χ1v) is 8.69. The molecule has 1 N–H and O–H groups in total. The zero-order valence-electron chi connectivity index (χ0n) is 14.9. The molecule has 0 aliphatic carbocycles. The Bertz CT molecular complexity index is 983. The first kappa shape index (κ1) is 16.3. The molecule has 1 aliphatic heterocycles. The average molecular weight is 344 g/mol. The van der Waals surface area contributed by atoms with Gasteiger partial charge in [-0.1, -0.05) is 30.3 Å². The molecule has 0 spiro atoms. The van der Waals surface area contributed by atoms with Gasteiger partial charge in [0.05, 0.1) is 0 Å². The molecule has 4 rings (SSSR count). The minimum Gasteiger partial charge on any atom is -0.320 e. The molecule has 130 valence electrons. The summed E-state index contributed by atoms with van der Waals surface area (Å²) in [4.78, 5) is 23.6. The van der Waals surface area contributed by atoms with Crippen molar-refractivity contribution in [1.82, 2.24) is 9.97 Å². The molecule has 1 amide bonds. The van der Waals surface area contributed by atoms with Gasteiger partial charge in [-0.3, -0.25) is 4.79 Å². The minimum absolute atomic E-state index is 0.227. The van der Waals surface area contributed by atoms with E-state index in [1.807, 2.05) is 44.2 Å². The maximum atomic E-state index is 12.7. The molecular formula is C21H20N4O. The first-order chi connectivity index (χ1) is 12.6. The van der Waals surface area contributed by atoms with Crippen molar-refractivity contribution in [2.45, 2.75) is 20.3 Å². The van der Waals surface area contributed by atoms with Crippen LogP contribution in [0.5, 0.6) is 0 Å². The van der Waals surface area contributed by atoms with Crippen molar-refractivity contribution in [2.24, 2.45) is 0 Å². The van der Waals surface area contributed by atoms with Gasteiger partial charge >= 0.3 is 0 Å². The van der Waals surface area contributed by atoms with Crippen LogP contribution < -0.4 is 10.2 Å². The molecule has 5 heteroatoms. The quantitative estimate of drug-likeness (QED) is 0.779. The lowest BCUT2D eigenvalue weighted by Gasteiger charge is -2.17. The predicted octanol–water partition coefficient (Wildman–Crippen LogP) is 4.04. The van der Waals surface area contributed by atoms with Gasteiger partial charge in [-0.15, -0.1) is 0 Å². The third-order valence-corrected chi connectivity index (χ3v) is 4.86. The number of anilines is 3. The molecule has 1 aromatic heterocycles. The number of aryl methyl sites for hydroxylation is 1. The van der Waals surface area contributed by atoms with Gasteiger partial charge in [-0.2, -0.15) is 0 Å². The van der Waals surface area contributed by atoms with Crippen LogP contribution in [0, 0.1) is 13.8 Å². The summed E-state index contributed by atoms with van der Waals surface area (Å²) >= 11 is 0. The Morgan fingerprint density at radius 3 is 2.81 bits per heavy atom. The molecule has 0 saturated heterocycles. The SMILES string of the molecule is Cc1cccc(NC(=O)c2ccnc(N3CCc4ccccc43)n2)c1C. The highest BCUT2D eigenvalue weighted by molar-refractivity contribution is 6.03. The fourth-order valence-electron chi connectivity index (χ4n) is 3.22. The molecule has 0 saturated carbocycles. The highest BCUT2D eigenvalue weighted by Crippen LogP contribution is 2.32. The monoisotopic (exact) mass is 344 g/mol. The van der Waals surface area contributed by atoms with Crippen LogP contribution >= 0.6 is 0 Å². The average Bonchev–Trinajstić information content (AvgIpc) is 3.10. The van der Waals surface area contributed by atoms with Gasteiger partial charge in [0, 0.05) is 24.1 Å². The summed E-state index contributed by atoms with van der Waals surface area (Å²) in [7, 11) is 0. The Morgan fingerprint density at radius 2 is 1.92 bits per heavy atom. The molecular weight excluding hydrogens is 324 g/mol. The number of amides is 1. The Kier molecular flexibility index (Phi) is 4.13. The van der Waals surface area contributed by atoms with Crippen LogP contribution in [-0.4, -0.2) is 22.4 Å². The Labute approximate surface area is 152 Å². The van der Waals surface area contributed by atoms with E-state index in [4.69, 9.17) is 0 Å². The summed E-state index contributed by atoms with van der Waals surface area (Å²) in [5, 5.41) is 2.96. The Morgan fingerprint density at radius 1 is 1.08 bits per heavy atom. The Hall–Kier alpha value is -3.21. The zero-order valence-corrected chi connectivity index (χ0v) is 14.9. The Balaban J connectivity index is 1.60. The van der Waals surface area contributed by atoms with E-state index < -0.39 is 0 Å². The standard InChI is InChI=1S/C21H20N4O/c1-14-6-5-8-17(15(14)2)23-20(26)18-10-12-22-21(24-18)25-13-11-16-7-3-4-9-19(16)25/h3-10,12H,11,13H2,1-2H3,(H,23,26). The fraction of sp³-hybridized carbons (Fsp3) is 0.190. The molecule has 0 radical (unpaired) electrons. The molecule has 0 fully saturated rings. The summed E-state index contributed by atoms with van der Waals surface area (Å²) in [6, 6.07) is 15.7. The number of fused-ring (bicyclic) bond motifs is 1. The van der Waals surface area contributed by atoms with Gasteiger partial charge in [0.25, 0.3) is 5.91 Å². The number of para-hydroxylation sites is 1. The summed E-state index contributed by atoms with van der Waals surface area (Å²) in [5.74, 6) is 0.332. The van der Waals surface area contributed by atoms with Gasteiger partial charge < -0.3 is 10.2 Å². The zero-order chi connectivity index (χ0) is 18.1. The van der Waals surface area contributed by atoms with Crippen LogP contribution in [0.25, 0.3) is 0 Å². The number of hydrogen-bond acceptors (Lipinski definition) is 4. The summed E-state index contributed by atoms with van der Waals surface area (Å²) in [6.07, 6.45) is 2.60. The normalized spacial score (nSPS) is 12.8. The first-order valence-electron chi connectivity index (χ1n) is 8.69. The van der Waals surface area contributed by atoms with E-state index >= 15 is 0 Å². The largest absolute Gasteiger partial charge is 0.320 e. The molecule has 0 atom stereocenters. The highest BCUT2D eigenvalue weighted by atomic mass is 16.1. The molecule has 1 aliphatic rings. The number of hydrogen-bond donors (Lipinski definition) is 1. The van der Waals surface area contributed by atoms with Gasteiger partial charge in [0.15, 0.2) is 0 Å². The second kappa shape index (κ2) is 6.59. The smallest absolute Gasteiger partial charge is 0.274 e. The van der Waals surface area contributed by atoms with Gasteiger partial charge in [-0.25, -0.2) is 9.97 Å². The summed E-state index contributed by atoms with van der Waals surface area (Å²) < 4.78 is 0. The van der Waals surface area contributed by atoms with Crippen molar-refractivity contribution in [3.8, 4) is 0 Å². The molecule has 26 heavy (non-hydrogen) atoms. The van der Waals surface area contributed by atoms with Crippen LogP contribution in [0.15, 0.2) is 54.7 Å². The number of nitrogens with zero attached hydrogens (tertiary/aromatic N) is 3. The van der Waals surface area contributed by atoms with E-state index in [2.05, 4.69) is 32.3 Å². The van der Waals surface area contributed by atoms with Gasteiger partial charge in [-0.05, 0) is 55.2 Å². The lowest BCUT2D eigenvalue weighted by Crippen LogP contribution is -2.20. The lowest BCUT2D eigenvalue weighted by molar-refractivity contribution is 0.102. The second-order valence-electron chi connectivity index (χ2n) is 6.47. The van der Waals surface area contributed by atoms with Gasteiger partial charge in [0.1, 0.15) is 5.69 Å². The molecule has 2 aromatic carbocycles. The topological polar surface area (TPSA) is 58.1 Å². The van der Waals surface area contributed by atoms with Crippen LogP contribution in [-0.2, 0) is 6.42 Å². The number of nitrogens with one attached hydrogen (secondary N) is 1. The van der Waals surface area contributed by atoms with E-state index in [-0.39, 0.29) is 5.91 Å². The third kappa shape index (κ3) is 2.92. The van der Waals surface area contributed by atoms with Crippen molar-refractivity contribution in [2.75, 3.05) is 16.8 Å². The van der Waals surface area contributed by atoms with Crippen LogP contribution in [0.3, 0.4) is 0 Å². The lowest BCUT2D eigenvalue weighted by atomic mass is 10.1. The van der Waals surface area contributed by atoms with Crippen LogP contribution in [0.1, 0.15) is 27.2 Å². The predicted molar refractivity (Wildman–Crippen MR) is 103 cm³/mol. The van der Waals surface area contributed by atoms with E-state index in [0.29, 0.717) is 11.6 Å². The molecule has 5 nitrogen and oxygen atoms in total. The van der Waals surface area contributed by atoms with Crippen molar-refractivity contribution < 1.29 is 4.79 Å². The van der Waals surface area contributed by atoms with Crippen LogP contribution in [0.2, 0.25) is 0 Å². The summed E-state index contributed by atoms with van der Waals surface area (Å²) in [6.45, 7) is 4.84. The number of aromatic nitrogens is 2. The third-order valence-electron chi connectivity index (χ3n) is 4.86. The molecule has 3 aromatic rings. The van der Waals surface area contributed by atoms with E-state index in [0.717, 1.165) is 35.5 Å². The maximum absolute atomic E-state index is 12.7.